The summed E-state index contributed by atoms with van der Waals surface area (Å²) in [6.07, 6.45) is 1.67. The summed E-state index contributed by atoms with van der Waals surface area (Å²) in [5.41, 5.74) is 0.936. The van der Waals surface area contributed by atoms with Gasteiger partial charge in [-0.15, -0.1) is 0 Å². The molecule has 0 spiro atoms. The highest BCUT2D eigenvalue weighted by atomic mass is 16.5. The molecule has 1 aliphatic heterocycles. The first kappa shape index (κ1) is 16.1. The number of anilines is 1. The molecule has 0 aliphatic carbocycles. The lowest BCUT2D eigenvalue weighted by molar-refractivity contribution is -0.126. The molecule has 4 rings (SSSR count). The number of Topliss-reactive ketones (excluding diaryl/α,β-unsaturated/α-hetero) is 1. The summed E-state index contributed by atoms with van der Waals surface area (Å²) in [5, 5.41) is 3.89. The van der Waals surface area contributed by atoms with Crippen molar-refractivity contribution in [2.75, 3.05) is 5.32 Å². The third-order valence-electron chi connectivity index (χ3n) is 4.33. The summed E-state index contributed by atoms with van der Waals surface area (Å²) in [5.74, 6) is 0.433. The molecule has 26 heavy (non-hydrogen) atoms. The number of fused-ring (bicyclic) bond motifs is 2. The van der Waals surface area contributed by atoms with E-state index in [9.17, 15) is 9.59 Å². The highest BCUT2D eigenvalue weighted by Gasteiger charge is 2.39. The Hall–Kier alpha value is -3.34. The predicted octanol–water partition coefficient (Wildman–Crippen LogP) is 3.99. The van der Waals surface area contributed by atoms with Crippen LogP contribution in [0.2, 0.25) is 0 Å². The van der Waals surface area contributed by atoms with Crippen LogP contribution >= 0.6 is 0 Å². The summed E-state index contributed by atoms with van der Waals surface area (Å²) in [7, 11) is 0. The highest BCUT2D eigenvalue weighted by molar-refractivity contribution is 6.26. The standard InChI is InChI=1S/C21H17NO4/c1-21(2)20(24)16(12-22-14-6-4-3-5-7-14)15-11-17-13(10-18(15)26-21)8-9-19(23)25-17/h3-12,22H,1-2H3/b16-12-. The Morgan fingerprint density at radius 1 is 1.00 bits per heavy atom. The zero-order valence-corrected chi connectivity index (χ0v) is 14.4. The number of ketones is 1. The van der Waals surface area contributed by atoms with Gasteiger partial charge in [0.25, 0.3) is 0 Å². The van der Waals surface area contributed by atoms with Crippen LogP contribution in [0, 0.1) is 0 Å². The lowest BCUT2D eigenvalue weighted by atomic mass is 9.88. The molecule has 0 saturated heterocycles. The molecule has 2 heterocycles. The molecule has 1 aromatic heterocycles. The van der Waals surface area contributed by atoms with E-state index < -0.39 is 11.2 Å². The van der Waals surface area contributed by atoms with Gasteiger partial charge in [0.05, 0.1) is 0 Å². The molecule has 0 unspecified atom stereocenters. The molecule has 2 aromatic carbocycles. The van der Waals surface area contributed by atoms with Gasteiger partial charge in [0.2, 0.25) is 5.78 Å². The van der Waals surface area contributed by atoms with Gasteiger partial charge >= 0.3 is 5.63 Å². The van der Waals surface area contributed by atoms with Crippen molar-refractivity contribution in [1.82, 2.24) is 0 Å². The van der Waals surface area contributed by atoms with E-state index in [-0.39, 0.29) is 5.78 Å². The van der Waals surface area contributed by atoms with Crippen molar-refractivity contribution in [1.29, 1.82) is 0 Å². The molecular weight excluding hydrogens is 330 g/mol. The van der Waals surface area contributed by atoms with Crippen molar-refractivity contribution in [2.24, 2.45) is 0 Å². The first-order valence-corrected chi connectivity index (χ1v) is 8.28. The van der Waals surface area contributed by atoms with Gasteiger partial charge in [0, 0.05) is 34.5 Å². The Morgan fingerprint density at radius 3 is 2.54 bits per heavy atom. The maximum absolute atomic E-state index is 12.9. The van der Waals surface area contributed by atoms with E-state index >= 15 is 0 Å². The van der Waals surface area contributed by atoms with Crippen molar-refractivity contribution in [2.45, 2.75) is 19.4 Å². The monoisotopic (exact) mass is 347 g/mol. The maximum Gasteiger partial charge on any atom is 0.336 e. The minimum Gasteiger partial charge on any atom is -0.479 e. The summed E-state index contributed by atoms with van der Waals surface area (Å²) in [4.78, 5) is 24.4. The van der Waals surface area contributed by atoms with Crippen LogP contribution in [0.4, 0.5) is 5.69 Å². The zero-order chi connectivity index (χ0) is 18.3. The van der Waals surface area contributed by atoms with Gasteiger partial charge in [0.15, 0.2) is 5.60 Å². The average Bonchev–Trinajstić information content (AvgIpc) is 2.62. The van der Waals surface area contributed by atoms with Gasteiger partial charge in [-0.2, -0.15) is 0 Å². The lowest BCUT2D eigenvalue weighted by Crippen LogP contribution is -2.42. The Balaban J connectivity index is 1.87. The van der Waals surface area contributed by atoms with E-state index in [0.29, 0.717) is 22.5 Å². The van der Waals surface area contributed by atoms with E-state index in [1.54, 1.807) is 38.2 Å². The number of ether oxygens (including phenoxy) is 1. The first-order valence-electron chi connectivity index (χ1n) is 8.28. The molecule has 130 valence electrons. The number of para-hydroxylation sites is 1. The van der Waals surface area contributed by atoms with Crippen LogP contribution in [0.5, 0.6) is 5.75 Å². The van der Waals surface area contributed by atoms with Gasteiger partial charge in [-0.05, 0) is 44.2 Å². The van der Waals surface area contributed by atoms with Crippen molar-refractivity contribution in [3.63, 3.8) is 0 Å². The number of carbonyl (C=O) groups excluding carboxylic acids is 1. The van der Waals surface area contributed by atoms with Gasteiger partial charge < -0.3 is 14.5 Å². The molecule has 0 fully saturated rings. The molecule has 0 amide bonds. The van der Waals surface area contributed by atoms with Crippen molar-refractivity contribution < 1.29 is 13.9 Å². The number of hydrogen-bond acceptors (Lipinski definition) is 5. The SMILES string of the molecule is CC1(C)Oc2cc3ccc(=O)oc3cc2/C(=C/Nc2ccccc2)C1=O. The number of benzene rings is 2. The number of carbonyl (C=O) groups is 1. The van der Waals surface area contributed by atoms with E-state index in [0.717, 1.165) is 11.1 Å². The first-order chi connectivity index (χ1) is 12.4. The van der Waals surface area contributed by atoms with Crippen LogP contribution in [0.15, 0.2) is 70.0 Å². The summed E-state index contributed by atoms with van der Waals surface area (Å²) in [6, 6.07) is 16.1. The van der Waals surface area contributed by atoms with Crippen molar-refractivity contribution in [3.8, 4) is 5.75 Å². The average molecular weight is 347 g/mol. The number of nitrogens with one attached hydrogen (secondary N) is 1. The Morgan fingerprint density at radius 2 is 1.77 bits per heavy atom. The van der Waals surface area contributed by atoms with Crippen LogP contribution in [-0.4, -0.2) is 11.4 Å². The Bertz CT molecular complexity index is 1090. The Labute approximate surface area is 149 Å². The molecule has 0 radical (unpaired) electrons. The normalized spacial score (nSPS) is 17.0. The minimum absolute atomic E-state index is 0.147. The van der Waals surface area contributed by atoms with Gasteiger partial charge in [-0.3, -0.25) is 4.79 Å². The van der Waals surface area contributed by atoms with Crippen molar-refractivity contribution >= 4 is 28.0 Å². The fourth-order valence-corrected chi connectivity index (χ4v) is 2.99. The molecule has 0 saturated carbocycles. The molecular formula is C21H17NO4. The second-order valence-corrected chi connectivity index (χ2v) is 6.65. The van der Waals surface area contributed by atoms with E-state index in [4.69, 9.17) is 9.15 Å². The quantitative estimate of drug-likeness (QED) is 0.561. The molecule has 1 aliphatic rings. The number of hydrogen-bond donors (Lipinski definition) is 1. The van der Waals surface area contributed by atoms with Gasteiger partial charge in [-0.1, -0.05) is 18.2 Å². The predicted molar refractivity (Wildman–Crippen MR) is 100 cm³/mol. The topological polar surface area (TPSA) is 68.5 Å². The highest BCUT2D eigenvalue weighted by Crippen LogP contribution is 2.40. The molecule has 3 aromatic rings. The third kappa shape index (κ3) is 2.77. The lowest BCUT2D eigenvalue weighted by Gasteiger charge is -2.32. The van der Waals surface area contributed by atoms with Crippen LogP contribution < -0.4 is 15.7 Å². The molecule has 5 nitrogen and oxygen atoms in total. The zero-order valence-electron chi connectivity index (χ0n) is 14.4. The second kappa shape index (κ2) is 5.88. The van der Waals surface area contributed by atoms with Gasteiger partial charge in [0.1, 0.15) is 11.3 Å². The largest absolute Gasteiger partial charge is 0.479 e. The molecule has 5 heteroatoms. The maximum atomic E-state index is 12.9. The van der Waals surface area contributed by atoms with Crippen LogP contribution in [0.3, 0.4) is 0 Å². The Kier molecular flexibility index (Phi) is 3.65. The van der Waals surface area contributed by atoms with E-state index in [1.807, 2.05) is 30.3 Å². The van der Waals surface area contributed by atoms with E-state index in [1.165, 1.54) is 6.07 Å². The number of rotatable bonds is 2. The van der Waals surface area contributed by atoms with Crippen molar-refractivity contribution in [3.05, 3.63) is 76.8 Å². The summed E-state index contributed by atoms with van der Waals surface area (Å²) >= 11 is 0. The molecule has 0 atom stereocenters. The van der Waals surface area contributed by atoms with E-state index in [2.05, 4.69) is 5.32 Å². The smallest absolute Gasteiger partial charge is 0.336 e. The second-order valence-electron chi connectivity index (χ2n) is 6.65. The fraction of sp³-hybridized carbons (Fsp3) is 0.143. The van der Waals surface area contributed by atoms with Gasteiger partial charge in [-0.25, -0.2) is 4.79 Å². The minimum atomic E-state index is -0.986. The van der Waals surface area contributed by atoms with Crippen LogP contribution in [-0.2, 0) is 4.79 Å². The summed E-state index contributed by atoms with van der Waals surface area (Å²) < 4.78 is 11.2. The molecule has 1 N–H and O–H groups in total. The summed E-state index contributed by atoms with van der Waals surface area (Å²) in [6.45, 7) is 3.48. The van der Waals surface area contributed by atoms with Crippen LogP contribution in [0.25, 0.3) is 16.5 Å². The fourth-order valence-electron chi connectivity index (χ4n) is 2.99. The van der Waals surface area contributed by atoms with Crippen LogP contribution in [0.1, 0.15) is 19.4 Å². The molecule has 0 bridgehead atoms. The third-order valence-corrected chi connectivity index (χ3v) is 4.33.